The van der Waals surface area contributed by atoms with E-state index < -0.39 is 28.6 Å². The minimum atomic E-state index is -4.64. The number of benzene rings is 1. The van der Waals surface area contributed by atoms with E-state index in [-0.39, 0.29) is 6.54 Å². The van der Waals surface area contributed by atoms with Gasteiger partial charge in [-0.2, -0.15) is 13.2 Å². The lowest BCUT2D eigenvalue weighted by Gasteiger charge is -2.33. The minimum absolute atomic E-state index is 0.337. The molecule has 0 aliphatic heterocycles. The predicted octanol–water partition coefficient (Wildman–Crippen LogP) is 3.78. The van der Waals surface area contributed by atoms with Crippen LogP contribution in [0.25, 0.3) is 0 Å². The Balaban J connectivity index is 3.26. The summed E-state index contributed by atoms with van der Waals surface area (Å²) in [6.45, 7) is 2.09. The molecule has 0 amide bonds. The van der Waals surface area contributed by atoms with E-state index >= 15 is 0 Å². The highest BCUT2D eigenvalue weighted by atomic mass is 19.4. The molecule has 18 heavy (non-hydrogen) atoms. The Kier molecular flexibility index (Phi) is 3.72. The van der Waals surface area contributed by atoms with Gasteiger partial charge in [0.05, 0.1) is 5.56 Å². The predicted molar refractivity (Wildman–Crippen MR) is 58.2 cm³/mol. The van der Waals surface area contributed by atoms with Crippen LogP contribution < -0.4 is 5.73 Å². The van der Waals surface area contributed by atoms with Crippen LogP contribution in [0.3, 0.4) is 0 Å². The number of rotatable bonds is 3. The van der Waals surface area contributed by atoms with Crippen molar-refractivity contribution in [2.45, 2.75) is 25.9 Å². The monoisotopic (exact) mass is 267 g/mol. The van der Waals surface area contributed by atoms with Gasteiger partial charge in [0.1, 0.15) is 0 Å². The molecule has 0 aliphatic rings. The van der Waals surface area contributed by atoms with Crippen LogP contribution >= 0.6 is 0 Å². The van der Waals surface area contributed by atoms with Gasteiger partial charge < -0.3 is 5.73 Å². The number of nitrogens with two attached hydrogens (primary N) is 1. The van der Waals surface area contributed by atoms with E-state index in [1.165, 1.54) is 13.8 Å². The highest BCUT2D eigenvalue weighted by Crippen LogP contribution is 2.45. The van der Waals surface area contributed by atoms with Gasteiger partial charge >= 0.3 is 6.18 Å². The molecule has 0 atom stereocenters. The molecule has 1 aromatic rings. The van der Waals surface area contributed by atoms with Crippen LogP contribution in [0.2, 0.25) is 0 Å². The highest BCUT2D eigenvalue weighted by molar-refractivity contribution is 5.30. The maximum absolute atomic E-state index is 14.1. The summed E-state index contributed by atoms with van der Waals surface area (Å²) in [5.74, 6) is -3.43. The van der Waals surface area contributed by atoms with Gasteiger partial charge in [0.2, 0.25) is 0 Å². The van der Waals surface area contributed by atoms with Crippen molar-refractivity contribution in [3.63, 3.8) is 0 Å². The van der Waals surface area contributed by atoms with E-state index in [1.807, 2.05) is 0 Å². The third-order valence-corrected chi connectivity index (χ3v) is 2.91. The molecule has 6 heteroatoms. The fourth-order valence-corrected chi connectivity index (χ4v) is 1.41. The van der Waals surface area contributed by atoms with Gasteiger partial charge in [-0.1, -0.05) is 26.0 Å². The first-order valence-corrected chi connectivity index (χ1v) is 5.28. The van der Waals surface area contributed by atoms with Gasteiger partial charge in [0, 0.05) is 17.5 Å². The lowest BCUT2D eigenvalue weighted by atomic mass is 9.81. The SMILES string of the molecule is CC(C)(CN)C(F)(F)c1cccc(C(F)(F)F)c1. The molecule has 0 aliphatic carbocycles. The summed E-state index contributed by atoms with van der Waals surface area (Å²) in [6, 6.07) is 3.18. The normalized spacial score (nSPS) is 13.8. The molecule has 1 nitrogen and oxygen atoms in total. The Labute approximate surface area is 102 Å². The zero-order valence-corrected chi connectivity index (χ0v) is 9.98. The molecule has 0 bridgehead atoms. The second-order valence-corrected chi connectivity index (χ2v) is 4.74. The standard InChI is InChI=1S/C12H14F5N/c1-10(2,7-18)11(13,14)8-4-3-5-9(6-8)12(15,16)17/h3-6H,7,18H2,1-2H3. The van der Waals surface area contributed by atoms with Crippen molar-refractivity contribution >= 4 is 0 Å². The quantitative estimate of drug-likeness (QED) is 0.829. The highest BCUT2D eigenvalue weighted by Gasteiger charge is 2.47. The number of hydrogen-bond donors (Lipinski definition) is 1. The summed E-state index contributed by atoms with van der Waals surface area (Å²) in [6.07, 6.45) is -4.64. The molecule has 0 spiro atoms. The summed E-state index contributed by atoms with van der Waals surface area (Å²) in [7, 11) is 0. The zero-order valence-electron chi connectivity index (χ0n) is 9.98. The van der Waals surface area contributed by atoms with Crippen molar-refractivity contribution < 1.29 is 22.0 Å². The molecule has 1 aromatic carbocycles. The minimum Gasteiger partial charge on any atom is -0.330 e. The summed E-state index contributed by atoms with van der Waals surface area (Å²) < 4.78 is 65.5. The summed E-state index contributed by atoms with van der Waals surface area (Å²) in [5, 5.41) is 0. The summed E-state index contributed by atoms with van der Waals surface area (Å²) in [5.41, 5.74) is 1.87. The van der Waals surface area contributed by atoms with E-state index in [4.69, 9.17) is 5.73 Å². The Hall–Kier alpha value is -1.17. The van der Waals surface area contributed by atoms with Crippen molar-refractivity contribution in [3.8, 4) is 0 Å². The van der Waals surface area contributed by atoms with Crippen LogP contribution in [0.5, 0.6) is 0 Å². The Morgan fingerprint density at radius 3 is 1.94 bits per heavy atom. The van der Waals surface area contributed by atoms with Crippen molar-refractivity contribution in [1.82, 2.24) is 0 Å². The van der Waals surface area contributed by atoms with E-state index in [9.17, 15) is 22.0 Å². The fraction of sp³-hybridized carbons (Fsp3) is 0.500. The first-order chi connectivity index (χ1) is 8.02. The van der Waals surface area contributed by atoms with Gasteiger partial charge in [0.15, 0.2) is 0 Å². The topological polar surface area (TPSA) is 26.0 Å². The van der Waals surface area contributed by atoms with Crippen molar-refractivity contribution in [3.05, 3.63) is 35.4 Å². The molecule has 0 radical (unpaired) electrons. The smallest absolute Gasteiger partial charge is 0.330 e. The van der Waals surface area contributed by atoms with Crippen LogP contribution in [0.15, 0.2) is 24.3 Å². The third-order valence-electron chi connectivity index (χ3n) is 2.91. The van der Waals surface area contributed by atoms with Gasteiger partial charge in [-0.25, -0.2) is 8.78 Å². The fourth-order valence-electron chi connectivity index (χ4n) is 1.41. The van der Waals surface area contributed by atoms with E-state index in [2.05, 4.69) is 0 Å². The van der Waals surface area contributed by atoms with Crippen molar-refractivity contribution in [1.29, 1.82) is 0 Å². The Morgan fingerprint density at radius 2 is 1.50 bits per heavy atom. The van der Waals surface area contributed by atoms with Crippen molar-refractivity contribution in [2.75, 3.05) is 6.54 Å². The summed E-state index contributed by atoms with van der Waals surface area (Å²) in [4.78, 5) is 0. The van der Waals surface area contributed by atoms with Crippen LogP contribution in [0.1, 0.15) is 25.0 Å². The van der Waals surface area contributed by atoms with Gasteiger partial charge in [-0.3, -0.25) is 0 Å². The second-order valence-electron chi connectivity index (χ2n) is 4.74. The van der Waals surface area contributed by atoms with E-state index in [0.717, 1.165) is 18.2 Å². The Bertz CT molecular complexity index is 423. The van der Waals surface area contributed by atoms with Crippen LogP contribution in [-0.4, -0.2) is 6.54 Å². The number of hydrogen-bond acceptors (Lipinski definition) is 1. The molecule has 0 fully saturated rings. The van der Waals surface area contributed by atoms with Gasteiger partial charge in [-0.05, 0) is 12.1 Å². The van der Waals surface area contributed by atoms with Crippen LogP contribution in [0, 0.1) is 5.41 Å². The molecule has 2 N–H and O–H groups in total. The molecule has 102 valence electrons. The van der Waals surface area contributed by atoms with Crippen LogP contribution in [-0.2, 0) is 12.1 Å². The molecular weight excluding hydrogens is 253 g/mol. The first kappa shape index (κ1) is 14.9. The van der Waals surface area contributed by atoms with E-state index in [1.54, 1.807) is 0 Å². The maximum atomic E-state index is 14.1. The Morgan fingerprint density at radius 1 is 1.00 bits per heavy atom. The number of halogens is 5. The molecule has 1 rings (SSSR count). The van der Waals surface area contributed by atoms with E-state index in [0.29, 0.717) is 6.07 Å². The average Bonchev–Trinajstić information content (AvgIpc) is 2.28. The molecule has 0 heterocycles. The van der Waals surface area contributed by atoms with Crippen LogP contribution in [0.4, 0.5) is 22.0 Å². The maximum Gasteiger partial charge on any atom is 0.416 e. The largest absolute Gasteiger partial charge is 0.416 e. The average molecular weight is 267 g/mol. The molecular formula is C12H14F5N. The molecule has 0 saturated carbocycles. The second kappa shape index (κ2) is 4.50. The van der Waals surface area contributed by atoms with Gasteiger partial charge in [-0.15, -0.1) is 0 Å². The molecule has 0 saturated heterocycles. The third kappa shape index (κ3) is 2.63. The zero-order chi connectivity index (χ0) is 14.2. The van der Waals surface area contributed by atoms with Crippen molar-refractivity contribution in [2.24, 2.45) is 11.1 Å². The lowest BCUT2D eigenvalue weighted by Crippen LogP contribution is -2.40. The molecule has 0 unspecified atom stereocenters. The lowest BCUT2D eigenvalue weighted by molar-refractivity contribution is -0.138. The number of alkyl halides is 5. The summed E-state index contributed by atoms with van der Waals surface area (Å²) >= 11 is 0. The first-order valence-electron chi connectivity index (χ1n) is 5.28. The molecule has 0 aromatic heterocycles. The van der Waals surface area contributed by atoms with Gasteiger partial charge in [0.25, 0.3) is 5.92 Å².